The van der Waals surface area contributed by atoms with Crippen molar-refractivity contribution in [3.8, 4) is 16.8 Å². The first-order chi connectivity index (χ1) is 17.3. The van der Waals surface area contributed by atoms with E-state index in [0.717, 1.165) is 35.3 Å². The molecule has 2 unspecified atom stereocenters. The summed E-state index contributed by atoms with van der Waals surface area (Å²) in [7, 11) is -2.96. The van der Waals surface area contributed by atoms with E-state index in [-0.39, 0.29) is 23.2 Å². The Labute approximate surface area is 209 Å². The summed E-state index contributed by atoms with van der Waals surface area (Å²) in [5.74, 6) is -0.375. The SMILES string of the molecule is O=C(O)[C@@H]1CC2CC2C[C@H]1c1nn(-c2ccc(F)cc2)cc1-c1ccc(N2CCS(=O)(=O)CC2)cc1. The molecule has 2 aliphatic carbocycles. The molecule has 7 nitrogen and oxygen atoms in total. The highest BCUT2D eigenvalue weighted by Crippen LogP contribution is 2.57. The van der Waals surface area contributed by atoms with Crippen molar-refractivity contribution in [1.29, 1.82) is 0 Å². The first kappa shape index (κ1) is 23.2. The van der Waals surface area contributed by atoms with Gasteiger partial charge < -0.3 is 10.0 Å². The van der Waals surface area contributed by atoms with E-state index in [9.17, 15) is 22.7 Å². The van der Waals surface area contributed by atoms with Gasteiger partial charge in [-0.3, -0.25) is 4.79 Å². The maximum atomic E-state index is 13.5. The summed E-state index contributed by atoms with van der Waals surface area (Å²) in [5, 5.41) is 14.9. The van der Waals surface area contributed by atoms with Crippen LogP contribution in [0, 0.1) is 23.6 Å². The van der Waals surface area contributed by atoms with Crippen LogP contribution in [0.2, 0.25) is 0 Å². The summed E-state index contributed by atoms with van der Waals surface area (Å²) < 4.78 is 38.8. The Morgan fingerprint density at radius 3 is 2.22 bits per heavy atom. The molecule has 0 bridgehead atoms. The Bertz CT molecular complexity index is 1390. The van der Waals surface area contributed by atoms with E-state index in [1.165, 1.54) is 12.1 Å². The Balaban J connectivity index is 1.37. The Morgan fingerprint density at radius 2 is 1.56 bits per heavy atom. The largest absolute Gasteiger partial charge is 0.481 e. The Morgan fingerprint density at radius 1 is 0.917 bits per heavy atom. The van der Waals surface area contributed by atoms with Gasteiger partial charge in [0.2, 0.25) is 0 Å². The highest BCUT2D eigenvalue weighted by molar-refractivity contribution is 7.91. The molecule has 188 valence electrons. The summed E-state index contributed by atoms with van der Waals surface area (Å²) in [6, 6.07) is 14.1. The number of carbonyl (C=O) groups is 1. The number of hydrogen-bond donors (Lipinski definition) is 1. The summed E-state index contributed by atoms with van der Waals surface area (Å²) in [4.78, 5) is 14.3. The molecule has 36 heavy (non-hydrogen) atoms. The number of fused-ring (bicyclic) bond motifs is 1. The number of hydrogen-bond acceptors (Lipinski definition) is 5. The minimum absolute atomic E-state index is 0.157. The molecule has 2 aromatic carbocycles. The van der Waals surface area contributed by atoms with Crippen LogP contribution in [0.3, 0.4) is 0 Å². The molecule has 0 radical (unpaired) electrons. The van der Waals surface area contributed by atoms with Gasteiger partial charge in [-0.05, 0) is 73.1 Å². The van der Waals surface area contributed by atoms with Crippen LogP contribution in [0.25, 0.3) is 16.8 Å². The lowest BCUT2D eigenvalue weighted by atomic mass is 9.76. The number of nitrogens with zero attached hydrogens (tertiary/aromatic N) is 3. The lowest BCUT2D eigenvalue weighted by Gasteiger charge is -2.29. The summed E-state index contributed by atoms with van der Waals surface area (Å²) >= 11 is 0. The van der Waals surface area contributed by atoms with Crippen LogP contribution < -0.4 is 4.90 Å². The van der Waals surface area contributed by atoms with Crippen molar-refractivity contribution in [2.24, 2.45) is 17.8 Å². The number of rotatable bonds is 5. The summed E-state index contributed by atoms with van der Waals surface area (Å²) in [6.07, 6.45) is 4.50. The zero-order chi connectivity index (χ0) is 25.0. The molecule has 3 fully saturated rings. The van der Waals surface area contributed by atoms with Crippen LogP contribution in [0.15, 0.2) is 54.7 Å². The van der Waals surface area contributed by atoms with E-state index in [2.05, 4.69) is 4.90 Å². The number of aromatic nitrogens is 2. The number of carboxylic acid groups (broad SMARTS) is 1. The molecule has 2 saturated carbocycles. The smallest absolute Gasteiger partial charge is 0.307 e. The van der Waals surface area contributed by atoms with Gasteiger partial charge in [0, 0.05) is 36.5 Å². The molecule has 3 aromatic rings. The number of aliphatic carboxylic acids is 1. The number of carboxylic acids is 1. The fourth-order valence-corrected chi connectivity index (χ4v) is 7.08. The van der Waals surface area contributed by atoms with Crippen LogP contribution in [-0.2, 0) is 14.6 Å². The first-order valence-corrected chi connectivity index (χ1v) is 14.2. The highest BCUT2D eigenvalue weighted by atomic mass is 32.2. The van der Waals surface area contributed by atoms with Gasteiger partial charge in [-0.2, -0.15) is 5.10 Å². The molecule has 3 aliphatic rings. The van der Waals surface area contributed by atoms with E-state index in [4.69, 9.17) is 5.10 Å². The summed E-state index contributed by atoms with van der Waals surface area (Å²) in [6.45, 7) is 0.945. The standard InChI is InChI=1S/C27H28FN3O4S/c28-20-3-7-22(8-4-20)31-16-25(26(29-31)23-14-18-13-19(18)15-24(23)27(32)33)17-1-5-21(6-2-17)30-9-11-36(34,35)12-10-30/h1-8,16,18-19,23-24H,9-15H2,(H,32,33)/t18?,19?,23-,24-/m1/s1. The molecular formula is C27H28FN3O4S. The first-order valence-electron chi connectivity index (χ1n) is 12.4. The summed E-state index contributed by atoms with van der Waals surface area (Å²) in [5.41, 5.74) is 4.25. The van der Waals surface area contributed by atoms with Crippen LogP contribution in [0.5, 0.6) is 0 Å². The molecule has 0 spiro atoms. The van der Waals surface area contributed by atoms with Gasteiger partial charge in [-0.15, -0.1) is 0 Å². The van der Waals surface area contributed by atoms with E-state index < -0.39 is 21.7 Å². The van der Waals surface area contributed by atoms with Gasteiger partial charge in [0.15, 0.2) is 9.84 Å². The molecule has 1 aliphatic heterocycles. The number of anilines is 1. The average molecular weight is 510 g/mol. The molecule has 1 N–H and O–H groups in total. The molecule has 2 heterocycles. The zero-order valence-electron chi connectivity index (χ0n) is 19.8. The monoisotopic (exact) mass is 509 g/mol. The molecule has 4 atom stereocenters. The average Bonchev–Trinajstić information content (AvgIpc) is 3.50. The minimum atomic E-state index is -2.96. The second kappa shape index (κ2) is 8.73. The Hall–Kier alpha value is -3.20. The number of halogens is 1. The van der Waals surface area contributed by atoms with E-state index in [0.29, 0.717) is 37.0 Å². The van der Waals surface area contributed by atoms with E-state index in [1.54, 1.807) is 16.8 Å². The fraction of sp³-hybridized carbons (Fsp3) is 0.407. The van der Waals surface area contributed by atoms with Gasteiger partial charge in [0.1, 0.15) is 5.82 Å². The lowest BCUT2D eigenvalue weighted by Crippen LogP contribution is -2.40. The third kappa shape index (κ3) is 4.40. The van der Waals surface area contributed by atoms with Crippen LogP contribution in [0.4, 0.5) is 10.1 Å². The van der Waals surface area contributed by atoms with Crippen LogP contribution in [-0.4, -0.2) is 53.9 Å². The predicted octanol–water partition coefficient (Wildman–Crippen LogP) is 4.13. The third-order valence-electron chi connectivity index (χ3n) is 8.06. The van der Waals surface area contributed by atoms with Gasteiger partial charge in [0.25, 0.3) is 0 Å². The third-order valence-corrected chi connectivity index (χ3v) is 9.67. The van der Waals surface area contributed by atoms with Gasteiger partial charge in [-0.1, -0.05) is 12.1 Å². The molecule has 1 saturated heterocycles. The van der Waals surface area contributed by atoms with Gasteiger partial charge in [-0.25, -0.2) is 17.5 Å². The topological polar surface area (TPSA) is 92.5 Å². The quantitative estimate of drug-likeness (QED) is 0.556. The van der Waals surface area contributed by atoms with Gasteiger partial charge in [0.05, 0.1) is 28.8 Å². The van der Waals surface area contributed by atoms with Crippen molar-refractivity contribution in [2.75, 3.05) is 29.5 Å². The second-order valence-corrected chi connectivity index (χ2v) is 12.6. The predicted molar refractivity (Wildman–Crippen MR) is 135 cm³/mol. The molecule has 0 amide bonds. The normalized spacial score (nSPS) is 26.9. The lowest BCUT2D eigenvalue weighted by molar-refractivity contribution is -0.143. The Kier molecular flexibility index (Phi) is 5.63. The number of sulfone groups is 1. The fourth-order valence-electron chi connectivity index (χ4n) is 5.88. The van der Waals surface area contributed by atoms with Crippen molar-refractivity contribution in [2.45, 2.75) is 25.2 Å². The van der Waals surface area contributed by atoms with Crippen LogP contribution >= 0.6 is 0 Å². The maximum absolute atomic E-state index is 13.5. The van der Waals surface area contributed by atoms with Crippen molar-refractivity contribution >= 4 is 21.5 Å². The van der Waals surface area contributed by atoms with Crippen molar-refractivity contribution in [1.82, 2.24) is 9.78 Å². The van der Waals surface area contributed by atoms with Crippen LogP contribution in [0.1, 0.15) is 30.9 Å². The van der Waals surface area contributed by atoms with Crippen molar-refractivity contribution in [3.05, 3.63) is 66.2 Å². The molecule has 9 heteroatoms. The van der Waals surface area contributed by atoms with E-state index >= 15 is 0 Å². The van der Waals surface area contributed by atoms with Crippen molar-refractivity contribution in [3.63, 3.8) is 0 Å². The number of benzene rings is 2. The maximum Gasteiger partial charge on any atom is 0.307 e. The molecule has 1 aromatic heterocycles. The molecular weight excluding hydrogens is 481 g/mol. The van der Waals surface area contributed by atoms with E-state index in [1.807, 2.05) is 30.5 Å². The van der Waals surface area contributed by atoms with Gasteiger partial charge >= 0.3 is 5.97 Å². The van der Waals surface area contributed by atoms with Crippen molar-refractivity contribution < 1.29 is 22.7 Å². The minimum Gasteiger partial charge on any atom is -0.481 e. The molecule has 6 rings (SSSR count). The second-order valence-electron chi connectivity index (χ2n) is 10.3. The zero-order valence-corrected chi connectivity index (χ0v) is 20.6. The highest BCUT2D eigenvalue weighted by Gasteiger charge is 2.50.